The molecule has 0 radical (unpaired) electrons. The molecule has 0 fully saturated rings. The van der Waals surface area contributed by atoms with Crippen LogP contribution >= 0.6 is 0 Å². The summed E-state index contributed by atoms with van der Waals surface area (Å²) in [5.41, 5.74) is 21.9. The van der Waals surface area contributed by atoms with E-state index in [0.29, 0.717) is 0 Å². The Morgan fingerprint density at radius 1 is 0.222 bits per heavy atom. The fraction of sp³-hybridized carbons (Fsp3) is 0.0682. The number of fused-ring (bicyclic) bond motifs is 13. The molecule has 15 aromatic carbocycles. The normalized spacial score (nSPS) is 13.6. The van der Waals surface area contributed by atoms with Crippen molar-refractivity contribution < 1.29 is 0 Å². The largest absolute Gasteiger partial charge is 0.309 e. The average molecular weight is 1150 g/mol. The maximum Gasteiger partial charge on any atom is 0.0540 e. The van der Waals surface area contributed by atoms with Crippen LogP contribution in [0.2, 0.25) is 0 Å². The van der Waals surface area contributed by atoms with E-state index in [4.69, 9.17) is 0 Å². The molecule has 0 saturated carbocycles. The van der Waals surface area contributed by atoms with Gasteiger partial charge < -0.3 is 9.80 Å². The summed E-state index contributed by atoms with van der Waals surface area (Å²) < 4.78 is 0. The Bertz CT molecular complexity index is 5000. The second-order valence-corrected chi connectivity index (χ2v) is 25.7. The van der Waals surface area contributed by atoms with E-state index < -0.39 is 0 Å². The molecule has 17 rings (SSSR count). The molecule has 0 unspecified atom stereocenters. The molecule has 0 bridgehead atoms. The summed E-state index contributed by atoms with van der Waals surface area (Å²) in [5, 5.41) is 14.8. The van der Waals surface area contributed by atoms with Crippen LogP contribution in [0.25, 0.3) is 111 Å². The number of benzene rings is 15. The highest BCUT2D eigenvalue weighted by Crippen LogP contribution is 2.54. The van der Waals surface area contributed by atoms with E-state index in [1.165, 1.54) is 154 Å². The van der Waals surface area contributed by atoms with Crippen molar-refractivity contribution in [1.82, 2.24) is 0 Å². The quantitative estimate of drug-likeness (QED) is 0.0995. The van der Waals surface area contributed by atoms with Gasteiger partial charge >= 0.3 is 0 Å². The molecule has 0 N–H and O–H groups in total. The van der Waals surface area contributed by atoms with Gasteiger partial charge in [-0.2, -0.15) is 0 Å². The van der Waals surface area contributed by atoms with E-state index in [1.807, 2.05) is 0 Å². The maximum atomic E-state index is 2.47. The predicted octanol–water partition coefficient (Wildman–Crippen LogP) is 24.5. The number of hydrogen-bond acceptors (Lipinski definition) is 2. The van der Waals surface area contributed by atoms with Gasteiger partial charge in [-0.05, 0) is 171 Å². The lowest BCUT2D eigenvalue weighted by Crippen LogP contribution is -2.17. The van der Waals surface area contributed by atoms with Gasteiger partial charge in [-0.1, -0.05) is 283 Å². The van der Waals surface area contributed by atoms with Crippen molar-refractivity contribution >= 4 is 123 Å². The van der Waals surface area contributed by atoms with Crippen molar-refractivity contribution in [2.24, 2.45) is 0 Å². The van der Waals surface area contributed by atoms with Crippen molar-refractivity contribution in [2.75, 3.05) is 9.80 Å². The monoisotopic (exact) mass is 1150 g/mol. The van der Waals surface area contributed by atoms with Gasteiger partial charge in [-0.15, -0.1) is 0 Å². The Balaban J connectivity index is 0.623. The smallest absolute Gasteiger partial charge is 0.0540 e. The lowest BCUT2D eigenvalue weighted by molar-refractivity contribution is 0.660. The zero-order chi connectivity index (χ0) is 60.2. The summed E-state index contributed by atoms with van der Waals surface area (Å²) in [6.45, 7) is 9.55. The number of nitrogens with zero attached hydrogens (tertiary/aromatic N) is 2. The molecule has 2 aliphatic rings. The van der Waals surface area contributed by atoms with Crippen LogP contribution in [0.5, 0.6) is 0 Å². The number of hydrogen-bond donors (Lipinski definition) is 0. The molecule has 15 aromatic rings. The minimum absolute atomic E-state index is 0.213. The molecule has 0 saturated heterocycles. The summed E-state index contributed by atoms with van der Waals surface area (Å²) in [6, 6.07) is 108. The molecule has 0 aliphatic heterocycles. The van der Waals surface area contributed by atoms with E-state index in [-0.39, 0.29) is 10.8 Å². The Morgan fingerprint density at radius 3 is 0.844 bits per heavy atom. The van der Waals surface area contributed by atoms with Crippen LogP contribution < -0.4 is 9.80 Å². The predicted molar refractivity (Wildman–Crippen MR) is 387 cm³/mol. The van der Waals surface area contributed by atoms with Gasteiger partial charge in [0.25, 0.3) is 0 Å². The molecular weight excluding hydrogens is 1080 g/mol. The summed E-state index contributed by atoms with van der Waals surface area (Å²) in [4.78, 5) is 4.94. The van der Waals surface area contributed by atoms with Crippen LogP contribution in [0.15, 0.2) is 291 Å². The minimum atomic E-state index is -0.213. The van der Waals surface area contributed by atoms with Gasteiger partial charge in [0.15, 0.2) is 0 Å². The second-order valence-electron chi connectivity index (χ2n) is 25.7. The lowest BCUT2D eigenvalue weighted by atomic mass is 9.81. The van der Waals surface area contributed by atoms with E-state index in [2.05, 4.69) is 353 Å². The van der Waals surface area contributed by atoms with Crippen molar-refractivity contribution in [3.8, 4) is 22.3 Å². The first kappa shape index (κ1) is 53.2. The van der Waals surface area contributed by atoms with Crippen LogP contribution in [0.1, 0.15) is 72.2 Å². The first-order valence-electron chi connectivity index (χ1n) is 31.5. The Hall–Kier alpha value is -11.1. The topological polar surface area (TPSA) is 6.48 Å². The first-order valence-corrected chi connectivity index (χ1v) is 31.5. The van der Waals surface area contributed by atoms with Gasteiger partial charge in [-0.3, -0.25) is 0 Å². The summed E-state index contributed by atoms with van der Waals surface area (Å²) >= 11 is 0. The molecule has 0 spiro atoms. The van der Waals surface area contributed by atoms with Crippen LogP contribution in [0.4, 0.5) is 34.1 Å². The lowest BCUT2D eigenvalue weighted by Gasteiger charge is -2.30. The molecular formula is C88H64N2. The van der Waals surface area contributed by atoms with Crippen molar-refractivity contribution in [3.63, 3.8) is 0 Å². The summed E-state index contributed by atoms with van der Waals surface area (Å²) in [5.74, 6) is 0. The minimum Gasteiger partial charge on any atom is -0.309 e. The standard InChI is InChI=1S/C88H64N2/c1-87(2)79-53-59(39-47-75(79)77-49-43-67(55-81(77)87)89(83-29-13-21-61-17-5-9-25-71(61)83)84-30-14-22-62-18-6-10-26-72(62)84)35-33-57-37-45-69-65(51-57)41-42-66-52-58(38-46-70(66)69)34-36-60-40-48-76-78-50-44-68(56-82(78)88(3,4)80(76)54-60)90(85-31-15-23-63-19-7-11-27-73(63)85)86-32-16-24-64-20-8-12-28-74(64)86/h5-56H,1-4H3. The van der Waals surface area contributed by atoms with Gasteiger partial charge in [0.1, 0.15) is 0 Å². The number of anilines is 6. The van der Waals surface area contributed by atoms with Crippen molar-refractivity contribution in [2.45, 2.75) is 38.5 Å². The molecule has 2 heteroatoms. The molecule has 0 aromatic heterocycles. The fourth-order valence-corrected chi connectivity index (χ4v) is 15.1. The van der Waals surface area contributed by atoms with Gasteiger partial charge in [0, 0.05) is 43.7 Å². The van der Waals surface area contributed by atoms with E-state index in [0.717, 1.165) is 11.4 Å². The second kappa shape index (κ2) is 20.8. The molecule has 0 amide bonds. The third-order valence-electron chi connectivity index (χ3n) is 19.7. The zero-order valence-electron chi connectivity index (χ0n) is 50.9. The number of rotatable bonds is 10. The highest BCUT2D eigenvalue weighted by atomic mass is 15.2. The van der Waals surface area contributed by atoms with E-state index >= 15 is 0 Å². The Morgan fingerprint density at radius 2 is 0.500 bits per heavy atom. The van der Waals surface area contributed by atoms with E-state index in [9.17, 15) is 0 Å². The molecule has 426 valence electrons. The van der Waals surface area contributed by atoms with E-state index in [1.54, 1.807) is 0 Å². The molecule has 2 aliphatic carbocycles. The molecule has 0 atom stereocenters. The van der Waals surface area contributed by atoms with Crippen LogP contribution in [0, 0.1) is 0 Å². The SMILES string of the molecule is CC1(C)c2cc(C=Cc3ccc4c(ccc5cc(C=Cc6ccc7c(c6)C(C)(C)c6cc(N(c8cccc9ccccc89)c8cccc9ccccc89)ccc6-7)ccc54)c3)ccc2-c2ccc(N(c3cccc4ccccc34)c3cccc4ccccc34)cc21. The zero-order valence-corrected chi connectivity index (χ0v) is 50.9. The van der Waals surface area contributed by atoms with Gasteiger partial charge in [0.2, 0.25) is 0 Å². The molecule has 0 heterocycles. The third-order valence-corrected chi connectivity index (χ3v) is 19.7. The highest BCUT2D eigenvalue weighted by Gasteiger charge is 2.38. The fourth-order valence-electron chi connectivity index (χ4n) is 15.1. The summed E-state index contributed by atoms with van der Waals surface area (Å²) in [7, 11) is 0. The molecule has 2 nitrogen and oxygen atoms in total. The summed E-state index contributed by atoms with van der Waals surface area (Å²) in [6.07, 6.45) is 9.09. The maximum absolute atomic E-state index is 2.47. The molecule has 90 heavy (non-hydrogen) atoms. The van der Waals surface area contributed by atoms with Crippen LogP contribution in [-0.2, 0) is 10.8 Å². The Kier molecular flexibility index (Phi) is 12.3. The highest BCUT2D eigenvalue weighted by molar-refractivity contribution is 6.10. The third kappa shape index (κ3) is 8.69. The van der Waals surface area contributed by atoms with Crippen LogP contribution in [0.3, 0.4) is 0 Å². The van der Waals surface area contributed by atoms with Crippen molar-refractivity contribution in [1.29, 1.82) is 0 Å². The average Bonchev–Trinajstić information content (AvgIpc) is 1.53. The van der Waals surface area contributed by atoms with Crippen molar-refractivity contribution in [3.05, 3.63) is 336 Å². The van der Waals surface area contributed by atoms with Gasteiger partial charge in [-0.25, -0.2) is 0 Å². The van der Waals surface area contributed by atoms with Gasteiger partial charge in [0.05, 0.1) is 22.7 Å². The first-order chi connectivity index (χ1) is 44.1. The van der Waals surface area contributed by atoms with Crippen LogP contribution in [-0.4, -0.2) is 0 Å². The Labute approximate surface area is 526 Å².